The fourth-order valence-electron chi connectivity index (χ4n) is 4.14. The zero-order valence-electron chi connectivity index (χ0n) is 21.3. The van der Waals surface area contributed by atoms with Gasteiger partial charge in [-0.2, -0.15) is 0 Å². The van der Waals surface area contributed by atoms with Crippen LogP contribution in [0.1, 0.15) is 24.1 Å². The molecule has 0 aliphatic carbocycles. The fraction of sp³-hybridized carbons (Fsp3) is 0.250. The number of ether oxygens (including phenoxy) is 2. The molecule has 1 aliphatic rings. The minimum atomic E-state index is -0.374. The van der Waals surface area contributed by atoms with Crippen LogP contribution >= 0.6 is 11.6 Å². The Labute approximate surface area is 230 Å². The zero-order chi connectivity index (χ0) is 27.2. The molecule has 3 heterocycles. The van der Waals surface area contributed by atoms with Crippen molar-refractivity contribution in [1.82, 2.24) is 19.5 Å². The number of amides is 1. The number of carbonyl (C=O) groups excluding carboxylic acids is 1. The Bertz CT molecular complexity index is 1500. The molecule has 2 aromatic heterocycles. The lowest BCUT2D eigenvalue weighted by atomic mass is 9.99. The first-order valence-corrected chi connectivity index (χ1v) is 12.9. The third-order valence-corrected chi connectivity index (χ3v) is 6.47. The van der Waals surface area contributed by atoms with Crippen molar-refractivity contribution in [1.29, 1.82) is 0 Å². The van der Waals surface area contributed by atoms with Crippen LogP contribution in [0.25, 0.3) is 0 Å². The van der Waals surface area contributed by atoms with Gasteiger partial charge in [-0.1, -0.05) is 23.7 Å². The monoisotopic (exact) mass is 546 g/mol. The smallest absolute Gasteiger partial charge is 0.279 e. The molecule has 11 heteroatoms. The molecule has 4 aromatic rings. The lowest BCUT2D eigenvalue weighted by Gasteiger charge is -2.21. The number of aryl methyl sites for hydroxylation is 1. The van der Waals surface area contributed by atoms with E-state index in [0.717, 1.165) is 11.3 Å². The molecule has 0 bridgehead atoms. The lowest BCUT2D eigenvalue weighted by molar-refractivity contribution is -0.122. The molecule has 5 rings (SSSR count). The number of halogens is 1. The average Bonchev–Trinajstić information content (AvgIpc) is 2.95. The Morgan fingerprint density at radius 2 is 1.82 bits per heavy atom. The van der Waals surface area contributed by atoms with Crippen molar-refractivity contribution in [3.05, 3.63) is 93.8 Å². The number of carbonyl (C=O) groups is 1. The van der Waals surface area contributed by atoms with Gasteiger partial charge in [-0.3, -0.25) is 19.1 Å². The molecule has 2 N–H and O–H groups in total. The van der Waals surface area contributed by atoms with E-state index in [0.29, 0.717) is 54.3 Å². The molecule has 1 amide bonds. The maximum Gasteiger partial charge on any atom is 0.279 e. The van der Waals surface area contributed by atoms with E-state index in [1.165, 1.54) is 10.8 Å². The number of nitrogens with zero attached hydrogens (tertiary/aromatic N) is 4. The highest BCUT2D eigenvalue weighted by atomic mass is 35.5. The maximum absolute atomic E-state index is 13.5. The van der Waals surface area contributed by atoms with Crippen LogP contribution in [0.15, 0.2) is 71.9 Å². The minimum Gasteiger partial charge on any atom is -0.437 e. The van der Waals surface area contributed by atoms with Gasteiger partial charge in [0.25, 0.3) is 5.56 Å². The third kappa shape index (κ3) is 6.78. The van der Waals surface area contributed by atoms with Gasteiger partial charge in [0.05, 0.1) is 24.6 Å². The molecular weight excluding hydrogens is 520 g/mol. The Balaban J connectivity index is 1.38. The van der Waals surface area contributed by atoms with Gasteiger partial charge in [-0.25, -0.2) is 9.97 Å². The molecule has 1 aliphatic heterocycles. The molecule has 39 heavy (non-hydrogen) atoms. The van der Waals surface area contributed by atoms with Crippen LogP contribution in [-0.4, -0.2) is 38.6 Å². The highest BCUT2D eigenvalue weighted by Gasteiger charge is 2.23. The predicted octanol–water partition coefficient (Wildman–Crippen LogP) is 4.94. The van der Waals surface area contributed by atoms with E-state index in [9.17, 15) is 9.59 Å². The second kappa shape index (κ2) is 12.1. The van der Waals surface area contributed by atoms with Crippen LogP contribution in [-0.2, 0) is 16.1 Å². The first kappa shape index (κ1) is 26.3. The van der Waals surface area contributed by atoms with Gasteiger partial charge in [-0.05, 0) is 61.7 Å². The molecule has 0 spiro atoms. The van der Waals surface area contributed by atoms with Crippen molar-refractivity contribution in [2.75, 3.05) is 23.8 Å². The number of anilines is 3. The van der Waals surface area contributed by atoms with Gasteiger partial charge >= 0.3 is 0 Å². The Morgan fingerprint density at radius 3 is 2.54 bits per heavy atom. The Hall–Kier alpha value is -4.28. The number of hydrogen-bond acceptors (Lipinski definition) is 8. The van der Waals surface area contributed by atoms with Gasteiger partial charge in [0.1, 0.15) is 11.4 Å². The van der Waals surface area contributed by atoms with Crippen LogP contribution in [0.5, 0.6) is 11.6 Å². The number of hydrogen-bond donors (Lipinski definition) is 2. The maximum atomic E-state index is 13.5. The summed E-state index contributed by atoms with van der Waals surface area (Å²) in [5.41, 5.74) is 2.04. The van der Waals surface area contributed by atoms with Gasteiger partial charge in [0.15, 0.2) is 0 Å². The molecule has 0 saturated carbocycles. The molecular formula is C28H27ClN6O4. The van der Waals surface area contributed by atoms with Gasteiger partial charge < -0.3 is 20.1 Å². The fourth-order valence-corrected chi connectivity index (χ4v) is 4.26. The summed E-state index contributed by atoms with van der Waals surface area (Å²) in [6.45, 7) is 3.12. The normalized spacial score (nSPS) is 13.6. The molecule has 10 nitrogen and oxygen atoms in total. The van der Waals surface area contributed by atoms with E-state index in [-0.39, 0.29) is 29.6 Å². The van der Waals surface area contributed by atoms with Crippen LogP contribution in [0.3, 0.4) is 0 Å². The molecule has 1 fully saturated rings. The largest absolute Gasteiger partial charge is 0.437 e. The molecule has 0 unspecified atom stereocenters. The quantitative estimate of drug-likeness (QED) is 0.319. The van der Waals surface area contributed by atoms with Gasteiger partial charge in [0, 0.05) is 36.0 Å². The minimum absolute atomic E-state index is 0.119. The number of rotatable bonds is 8. The average molecular weight is 547 g/mol. The molecule has 2 aromatic carbocycles. The van der Waals surface area contributed by atoms with Crippen molar-refractivity contribution in [2.24, 2.45) is 5.92 Å². The Kier molecular flexibility index (Phi) is 8.14. The molecule has 1 saturated heterocycles. The molecule has 0 radical (unpaired) electrons. The number of aromatic nitrogens is 4. The summed E-state index contributed by atoms with van der Waals surface area (Å²) in [6, 6.07) is 14.4. The third-order valence-electron chi connectivity index (χ3n) is 6.22. The van der Waals surface area contributed by atoms with Crippen LogP contribution in [0, 0.1) is 12.8 Å². The summed E-state index contributed by atoms with van der Waals surface area (Å²) in [5, 5.41) is 6.57. The van der Waals surface area contributed by atoms with Crippen molar-refractivity contribution < 1.29 is 14.3 Å². The number of benzene rings is 2. The topological polar surface area (TPSA) is 120 Å². The summed E-state index contributed by atoms with van der Waals surface area (Å²) in [7, 11) is 0. The summed E-state index contributed by atoms with van der Waals surface area (Å²) in [6.07, 6.45) is 5.81. The Morgan fingerprint density at radius 1 is 1.08 bits per heavy atom. The van der Waals surface area contributed by atoms with E-state index < -0.39 is 0 Å². The van der Waals surface area contributed by atoms with Gasteiger partial charge in [-0.15, -0.1) is 0 Å². The van der Waals surface area contributed by atoms with Crippen LogP contribution < -0.4 is 20.9 Å². The van der Waals surface area contributed by atoms with E-state index >= 15 is 0 Å². The van der Waals surface area contributed by atoms with Crippen LogP contribution in [0.2, 0.25) is 5.02 Å². The predicted molar refractivity (Wildman–Crippen MR) is 148 cm³/mol. The van der Waals surface area contributed by atoms with Crippen molar-refractivity contribution in [3.8, 4) is 11.6 Å². The van der Waals surface area contributed by atoms with E-state index in [1.807, 2.05) is 19.1 Å². The lowest BCUT2D eigenvalue weighted by Crippen LogP contribution is -2.33. The second-order valence-electron chi connectivity index (χ2n) is 9.14. The SMILES string of the molecule is Cc1cncc(Oc2ccc(Nc3ncc(NC(=O)C4CCOCC4)c(=O)n3Cc3ccc(Cl)cc3)cc2)n1. The van der Waals surface area contributed by atoms with E-state index in [4.69, 9.17) is 21.1 Å². The van der Waals surface area contributed by atoms with Gasteiger partial charge in [0.2, 0.25) is 17.7 Å². The second-order valence-corrected chi connectivity index (χ2v) is 9.58. The summed E-state index contributed by atoms with van der Waals surface area (Å²) >= 11 is 6.05. The van der Waals surface area contributed by atoms with E-state index in [2.05, 4.69) is 25.6 Å². The first-order valence-electron chi connectivity index (χ1n) is 12.5. The van der Waals surface area contributed by atoms with Crippen molar-refractivity contribution in [3.63, 3.8) is 0 Å². The highest BCUT2D eigenvalue weighted by Crippen LogP contribution is 2.24. The number of nitrogens with one attached hydrogen (secondary N) is 2. The first-order chi connectivity index (χ1) is 18.9. The summed E-state index contributed by atoms with van der Waals surface area (Å²) < 4.78 is 12.6. The summed E-state index contributed by atoms with van der Waals surface area (Å²) in [4.78, 5) is 39.2. The molecule has 200 valence electrons. The van der Waals surface area contributed by atoms with Crippen molar-refractivity contribution >= 4 is 34.8 Å². The standard InChI is InChI=1S/C28H27ClN6O4/c1-18-14-30-16-25(32-18)39-23-8-6-22(7-9-23)33-28-31-15-24(34-26(36)20-10-12-38-13-11-20)27(37)35(28)17-19-2-4-21(29)5-3-19/h2-9,14-16,20H,10-13,17H2,1H3,(H,31,33)(H,34,36). The highest BCUT2D eigenvalue weighted by molar-refractivity contribution is 6.30. The van der Waals surface area contributed by atoms with Crippen molar-refractivity contribution in [2.45, 2.75) is 26.3 Å². The van der Waals surface area contributed by atoms with Crippen LogP contribution in [0.4, 0.5) is 17.3 Å². The summed E-state index contributed by atoms with van der Waals surface area (Å²) in [5.74, 6) is 0.889. The zero-order valence-corrected chi connectivity index (χ0v) is 22.0. The van der Waals surface area contributed by atoms with E-state index in [1.54, 1.807) is 48.8 Å². The molecule has 0 atom stereocenters.